The Bertz CT molecular complexity index is 598. The van der Waals surface area contributed by atoms with Crippen LogP contribution in [0, 0.1) is 0 Å². The first-order valence-electron chi connectivity index (χ1n) is 9.02. The minimum atomic E-state index is 0.304. The lowest BCUT2D eigenvalue weighted by Crippen LogP contribution is -2.04. The molecule has 2 fully saturated rings. The summed E-state index contributed by atoms with van der Waals surface area (Å²) >= 11 is 0. The van der Waals surface area contributed by atoms with Gasteiger partial charge in [-0.3, -0.25) is 0 Å². The Morgan fingerprint density at radius 1 is 0.680 bits per heavy atom. The van der Waals surface area contributed by atoms with Crippen LogP contribution in [0.2, 0.25) is 0 Å². The first-order chi connectivity index (χ1) is 12.3. The van der Waals surface area contributed by atoms with Gasteiger partial charge in [0.2, 0.25) is 0 Å². The van der Waals surface area contributed by atoms with Gasteiger partial charge in [0.25, 0.3) is 0 Å². The highest BCUT2D eigenvalue weighted by Gasteiger charge is 2.23. The third-order valence-corrected chi connectivity index (χ3v) is 4.45. The molecule has 0 N–H and O–H groups in total. The number of hydrogen-bond acceptors (Lipinski definition) is 4. The van der Waals surface area contributed by atoms with Crippen molar-refractivity contribution in [2.24, 2.45) is 0 Å². The maximum atomic E-state index is 5.66. The standard InChI is InChI=1S/C21H24O4/c1(2-16-4-8-18(9-5-16)22-12-20-14-24-20)3-17-6-10-19(11-7-17)23-13-21-15-25-21/h4-11,20-21H,1-3,12-15H2. The third-order valence-electron chi connectivity index (χ3n) is 4.45. The SMILES string of the molecule is c1cc(OCC2CO2)ccc1CCCc1ccc(OCC2CO2)cc1. The summed E-state index contributed by atoms with van der Waals surface area (Å²) in [4.78, 5) is 0. The zero-order chi connectivity index (χ0) is 16.9. The Morgan fingerprint density at radius 2 is 1.08 bits per heavy atom. The predicted molar refractivity (Wildman–Crippen MR) is 95.4 cm³/mol. The van der Waals surface area contributed by atoms with Crippen LogP contribution < -0.4 is 9.47 Å². The third kappa shape index (κ3) is 5.48. The van der Waals surface area contributed by atoms with Gasteiger partial charge in [-0.15, -0.1) is 0 Å². The zero-order valence-electron chi connectivity index (χ0n) is 14.4. The van der Waals surface area contributed by atoms with Crippen molar-refractivity contribution in [1.29, 1.82) is 0 Å². The lowest BCUT2D eigenvalue weighted by atomic mass is 10.0. The summed E-state index contributed by atoms with van der Waals surface area (Å²) in [5.74, 6) is 1.85. The average molecular weight is 340 g/mol. The van der Waals surface area contributed by atoms with E-state index in [0.717, 1.165) is 44.0 Å². The minimum absolute atomic E-state index is 0.304. The molecule has 2 heterocycles. The van der Waals surface area contributed by atoms with Gasteiger partial charge >= 0.3 is 0 Å². The molecule has 0 aromatic heterocycles. The van der Waals surface area contributed by atoms with Crippen LogP contribution in [0.1, 0.15) is 17.5 Å². The highest BCUT2D eigenvalue weighted by Crippen LogP contribution is 2.19. The molecule has 4 rings (SSSR count). The van der Waals surface area contributed by atoms with Gasteiger partial charge in [0.05, 0.1) is 13.2 Å². The fraction of sp³-hybridized carbons (Fsp3) is 0.429. The maximum absolute atomic E-state index is 5.66. The normalized spacial score (nSPS) is 21.0. The quantitative estimate of drug-likeness (QED) is 0.622. The van der Waals surface area contributed by atoms with Crippen molar-refractivity contribution in [3.05, 3.63) is 59.7 Å². The van der Waals surface area contributed by atoms with Crippen LogP contribution in [-0.2, 0) is 22.3 Å². The molecule has 4 nitrogen and oxygen atoms in total. The van der Waals surface area contributed by atoms with Crippen molar-refractivity contribution >= 4 is 0 Å². The lowest BCUT2D eigenvalue weighted by Gasteiger charge is -2.07. The largest absolute Gasteiger partial charge is 0.491 e. The number of aryl methyl sites for hydroxylation is 2. The van der Waals surface area contributed by atoms with Crippen LogP contribution in [-0.4, -0.2) is 38.6 Å². The van der Waals surface area contributed by atoms with Crippen molar-refractivity contribution in [3.8, 4) is 11.5 Å². The van der Waals surface area contributed by atoms with Crippen molar-refractivity contribution in [1.82, 2.24) is 0 Å². The summed E-state index contributed by atoms with van der Waals surface area (Å²) in [5.41, 5.74) is 2.69. The molecular weight excluding hydrogens is 316 g/mol. The van der Waals surface area contributed by atoms with E-state index in [0.29, 0.717) is 25.4 Å². The molecule has 0 saturated carbocycles. The molecule has 4 heteroatoms. The number of epoxide rings is 2. The summed E-state index contributed by atoms with van der Waals surface area (Å²) in [6.07, 6.45) is 3.88. The van der Waals surface area contributed by atoms with Gasteiger partial charge in [0.15, 0.2) is 0 Å². The first-order valence-corrected chi connectivity index (χ1v) is 9.02. The van der Waals surface area contributed by atoms with Gasteiger partial charge < -0.3 is 18.9 Å². The van der Waals surface area contributed by atoms with Crippen LogP contribution in [0.5, 0.6) is 11.5 Å². The summed E-state index contributed by atoms with van der Waals surface area (Å²) in [5, 5.41) is 0. The summed E-state index contributed by atoms with van der Waals surface area (Å²) in [7, 11) is 0. The van der Waals surface area contributed by atoms with Crippen LogP contribution in [0.15, 0.2) is 48.5 Å². The van der Waals surface area contributed by atoms with Crippen molar-refractivity contribution in [3.63, 3.8) is 0 Å². The first kappa shape index (κ1) is 16.4. The van der Waals surface area contributed by atoms with Crippen LogP contribution in [0.25, 0.3) is 0 Å². The molecule has 2 atom stereocenters. The number of ether oxygens (including phenoxy) is 4. The molecule has 2 aromatic rings. The fourth-order valence-corrected chi connectivity index (χ4v) is 2.71. The van der Waals surface area contributed by atoms with E-state index < -0.39 is 0 Å². The highest BCUT2D eigenvalue weighted by molar-refractivity contribution is 5.29. The van der Waals surface area contributed by atoms with Crippen molar-refractivity contribution in [2.45, 2.75) is 31.5 Å². The van der Waals surface area contributed by atoms with E-state index in [1.807, 2.05) is 24.3 Å². The Morgan fingerprint density at radius 3 is 1.44 bits per heavy atom. The molecule has 2 aliphatic heterocycles. The van der Waals surface area contributed by atoms with Crippen LogP contribution in [0.4, 0.5) is 0 Å². The van der Waals surface area contributed by atoms with Crippen LogP contribution in [0.3, 0.4) is 0 Å². The number of rotatable bonds is 10. The molecule has 2 aliphatic rings. The van der Waals surface area contributed by atoms with Gasteiger partial charge in [0, 0.05) is 0 Å². The monoisotopic (exact) mass is 340 g/mol. The van der Waals surface area contributed by atoms with E-state index in [2.05, 4.69) is 24.3 Å². The van der Waals surface area contributed by atoms with E-state index in [1.165, 1.54) is 11.1 Å². The van der Waals surface area contributed by atoms with Gasteiger partial charge in [0.1, 0.15) is 36.9 Å². The summed E-state index contributed by atoms with van der Waals surface area (Å²) in [6, 6.07) is 16.8. The topological polar surface area (TPSA) is 43.5 Å². The Kier molecular flexibility index (Phi) is 5.19. The van der Waals surface area contributed by atoms with E-state index in [1.54, 1.807) is 0 Å². The van der Waals surface area contributed by atoms with E-state index in [4.69, 9.17) is 18.9 Å². The van der Waals surface area contributed by atoms with Gasteiger partial charge in [-0.25, -0.2) is 0 Å². The molecule has 0 bridgehead atoms. The Hall–Kier alpha value is -2.04. The second kappa shape index (κ2) is 7.89. The van der Waals surface area contributed by atoms with Gasteiger partial charge in [-0.1, -0.05) is 24.3 Å². The van der Waals surface area contributed by atoms with Crippen molar-refractivity contribution < 1.29 is 18.9 Å². The molecule has 0 spiro atoms. The number of benzene rings is 2. The maximum Gasteiger partial charge on any atom is 0.119 e. The Labute approximate surface area is 148 Å². The van der Waals surface area contributed by atoms with E-state index in [-0.39, 0.29) is 0 Å². The lowest BCUT2D eigenvalue weighted by molar-refractivity contribution is 0.263. The van der Waals surface area contributed by atoms with Crippen molar-refractivity contribution in [2.75, 3.05) is 26.4 Å². The molecule has 2 aromatic carbocycles. The second-order valence-electron chi connectivity index (χ2n) is 6.67. The molecule has 2 unspecified atom stereocenters. The van der Waals surface area contributed by atoms with E-state index >= 15 is 0 Å². The molecule has 0 radical (unpaired) electrons. The second-order valence-corrected chi connectivity index (χ2v) is 6.67. The molecule has 25 heavy (non-hydrogen) atoms. The smallest absolute Gasteiger partial charge is 0.119 e. The van der Waals surface area contributed by atoms with Crippen LogP contribution >= 0.6 is 0 Å². The van der Waals surface area contributed by atoms with E-state index in [9.17, 15) is 0 Å². The zero-order valence-corrected chi connectivity index (χ0v) is 14.4. The molecule has 0 aliphatic carbocycles. The molecule has 2 saturated heterocycles. The minimum Gasteiger partial charge on any atom is -0.491 e. The number of hydrogen-bond donors (Lipinski definition) is 0. The van der Waals surface area contributed by atoms with Gasteiger partial charge in [-0.2, -0.15) is 0 Å². The average Bonchev–Trinajstić information content (AvgIpc) is 3.55. The Balaban J connectivity index is 1.17. The summed E-state index contributed by atoms with van der Waals surface area (Å²) < 4.78 is 21.6. The molecular formula is C21H24O4. The summed E-state index contributed by atoms with van der Waals surface area (Å²) in [6.45, 7) is 2.99. The predicted octanol–water partition coefficient (Wildman–Crippen LogP) is 3.42. The fourth-order valence-electron chi connectivity index (χ4n) is 2.71. The highest BCUT2D eigenvalue weighted by atomic mass is 16.6. The van der Waals surface area contributed by atoms with Gasteiger partial charge in [-0.05, 0) is 54.7 Å². The molecule has 132 valence electrons. The molecule has 0 amide bonds.